The Morgan fingerprint density at radius 3 is 2.42 bits per heavy atom. The van der Waals surface area contributed by atoms with Crippen LogP contribution in [0.1, 0.15) is 12.8 Å². The summed E-state index contributed by atoms with van der Waals surface area (Å²) in [6.07, 6.45) is 1.78. The third kappa shape index (κ3) is 5.54. The summed E-state index contributed by atoms with van der Waals surface area (Å²) in [6.45, 7) is 1.76. The number of hydrogen-bond donors (Lipinski definition) is 2. The molecule has 0 radical (unpaired) electrons. The van der Waals surface area contributed by atoms with Crippen LogP contribution in [0, 0.1) is 9.49 Å². The van der Waals surface area contributed by atoms with E-state index < -0.39 is 0 Å². The summed E-state index contributed by atoms with van der Waals surface area (Å²) in [5.41, 5.74) is 1.61. The summed E-state index contributed by atoms with van der Waals surface area (Å²) in [4.78, 5) is 26.8. The molecule has 1 aliphatic rings. The van der Waals surface area contributed by atoms with E-state index in [4.69, 9.17) is 0 Å². The molecule has 1 saturated heterocycles. The molecule has 1 aliphatic heterocycles. The number of nitrogens with one attached hydrogen (secondary N) is 2. The molecule has 1 fully saturated rings. The minimum Gasteiger partial charge on any atom is -0.326 e. The zero-order valence-corrected chi connectivity index (χ0v) is 16.6. The zero-order chi connectivity index (χ0) is 18.4. The molecule has 0 bridgehead atoms. The predicted octanol–water partition coefficient (Wildman–Crippen LogP) is 3.58. The standard InChI is InChI=1S/C20H22IN3O2/c21-16-8-10-18(11-9-16)22-19(25)14-24-12-4-5-15(13-24)20(26)23-17-6-2-1-3-7-17/h1-3,6-11,15H,4-5,12-14H2,(H,22,25)(H,23,26). The maximum atomic E-state index is 12.5. The molecular weight excluding hydrogens is 441 g/mol. The lowest BCUT2D eigenvalue weighted by atomic mass is 9.97. The van der Waals surface area contributed by atoms with E-state index >= 15 is 0 Å². The maximum Gasteiger partial charge on any atom is 0.238 e. The van der Waals surface area contributed by atoms with E-state index in [9.17, 15) is 9.59 Å². The van der Waals surface area contributed by atoms with Crippen molar-refractivity contribution in [2.45, 2.75) is 12.8 Å². The second kappa shape index (κ2) is 9.14. The van der Waals surface area contributed by atoms with Crippen molar-refractivity contribution in [1.82, 2.24) is 4.90 Å². The first kappa shape index (κ1) is 18.8. The predicted molar refractivity (Wildman–Crippen MR) is 112 cm³/mol. The van der Waals surface area contributed by atoms with Gasteiger partial charge in [-0.3, -0.25) is 14.5 Å². The summed E-state index contributed by atoms with van der Waals surface area (Å²) in [5, 5.41) is 5.88. The van der Waals surface area contributed by atoms with E-state index in [1.165, 1.54) is 0 Å². The molecular formula is C20H22IN3O2. The monoisotopic (exact) mass is 463 g/mol. The summed E-state index contributed by atoms with van der Waals surface area (Å²) < 4.78 is 1.13. The number of rotatable bonds is 5. The van der Waals surface area contributed by atoms with E-state index in [0.717, 1.165) is 34.3 Å². The van der Waals surface area contributed by atoms with Crippen LogP contribution in [0.2, 0.25) is 0 Å². The molecule has 1 heterocycles. The average Bonchev–Trinajstić information content (AvgIpc) is 2.64. The second-order valence-corrected chi connectivity index (χ2v) is 7.73. The number of likely N-dealkylation sites (tertiary alicyclic amines) is 1. The highest BCUT2D eigenvalue weighted by Crippen LogP contribution is 2.19. The molecule has 0 aromatic heterocycles. The van der Waals surface area contributed by atoms with Gasteiger partial charge in [-0.25, -0.2) is 0 Å². The summed E-state index contributed by atoms with van der Waals surface area (Å²) >= 11 is 2.23. The topological polar surface area (TPSA) is 61.4 Å². The first-order chi connectivity index (χ1) is 12.6. The molecule has 2 aromatic rings. The molecule has 0 saturated carbocycles. The Hall–Kier alpha value is -1.93. The number of nitrogens with zero attached hydrogens (tertiary/aromatic N) is 1. The van der Waals surface area contributed by atoms with Gasteiger partial charge in [0.25, 0.3) is 0 Å². The quantitative estimate of drug-likeness (QED) is 0.667. The van der Waals surface area contributed by atoms with Crippen LogP contribution in [-0.2, 0) is 9.59 Å². The molecule has 1 atom stereocenters. The highest BCUT2D eigenvalue weighted by molar-refractivity contribution is 14.1. The first-order valence-corrected chi connectivity index (χ1v) is 9.82. The van der Waals surface area contributed by atoms with Gasteiger partial charge in [0.05, 0.1) is 12.5 Å². The van der Waals surface area contributed by atoms with Crippen molar-refractivity contribution in [1.29, 1.82) is 0 Å². The number of para-hydroxylation sites is 1. The molecule has 5 nitrogen and oxygen atoms in total. The Kier molecular flexibility index (Phi) is 6.62. The van der Waals surface area contributed by atoms with Gasteiger partial charge in [0, 0.05) is 21.5 Å². The molecule has 1 unspecified atom stereocenters. The fourth-order valence-corrected chi connectivity index (χ4v) is 3.48. The number of piperidine rings is 1. The van der Waals surface area contributed by atoms with Crippen molar-refractivity contribution in [3.05, 3.63) is 58.2 Å². The largest absolute Gasteiger partial charge is 0.326 e. The van der Waals surface area contributed by atoms with Crippen LogP contribution in [0.15, 0.2) is 54.6 Å². The molecule has 26 heavy (non-hydrogen) atoms. The van der Waals surface area contributed by atoms with Gasteiger partial charge in [-0.05, 0) is 78.4 Å². The lowest BCUT2D eigenvalue weighted by Gasteiger charge is -2.31. The summed E-state index contributed by atoms with van der Waals surface area (Å²) in [6, 6.07) is 17.2. The van der Waals surface area contributed by atoms with Crippen molar-refractivity contribution in [3.63, 3.8) is 0 Å². The van der Waals surface area contributed by atoms with Gasteiger partial charge in [-0.1, -0.05) is 18.2 Å². The van der Waals surface area contributed by atoms with Crippen molar-refractivity contribution < 1.29 is 9.59 Å². The fraction of sp³-hybridized carbons (Fsp3) is 0.300. The lowest BCUT2D eigenvalue weighted by Crippen LogP contribution is -2.43. The number of hydrogen-bond acceptors (Lipinski definition) is 3. The van der Waals surface area contributed by atoms with Crippen molar-refractivity contribution in [3.8, 4) is 0 Å². The van der Waals surface area contributed by atoms with Crippen LogP contribution in [0.3, 0.4) is 0 Å². The maximum absolute atomic E-state index is 12.5. The fourth-order valence-electron chi connectivity index (χ4n) is 3.12. The third-order valence-electron chi connectivity index (χ3n) is 4.41. The number of anilines is 2. The molecule has 2 aromatic carbocycles. The minimum atomic E-state index is -0.0879. The number of halogens is 1. The van der Waals surface area contributed by atoms with Crippen molar-refractivity contribution >= 4 is 45.8 Å². The van der Waals surface area contributed by atoms with E-state index in [2.05, 4.69) is 38.1 Å². The van der Waals surface area contributed by atoms with Gasteiger partial charge in [0.15, 0.2) is 0 Å². The van der Waals surface area contributed by atoms with Gasteiger partial charge in [0.2, 0.25) is 11.8 Å². The molecule has 0 spiro atoms. The zero-order valence-electron chi connectivity index (χ0n) is 14.5. The van der Waals surface area contributed by atoms with E-state index in [0.29, 0.717) is 13.1 Å². The highest BCUT2D eigenvalue weighted by atomic mass is 127. The van der Waals surface area contributed by atoms with Crippen LogP contribution in [0.4, 0.5) is 11.4 Å². The van der Waals surface area contributed by atoms with Crippen molar-refractivity contribution in [2.75, 3.05) is 30.3 Å². The second-order valence-electron chi connectivity index (χ2n) is 6.48. The summed E-state index contributed by atoms with van der Waals surface area (Å²) in [7, 11) is 0. The Balaban J connectivity index is 1.50. The van der Waals surface area contributed by atoms with Crippen LogP contribution >= 0.6 is 22.6 Å². The van der Waals surface area contributed by atoms with E-state index in [-0.39, 0.29) is 17.7 Å². The Labute approximate surface area is 167 Å². The van der Waals surface area contributed by atoms with Crippen LogP contribution < -0.4 is 10.6 Å². The summed E-state index contributed by atoms with van der Waals surface area (Å²) in [5.74, 6) is -0.107. The van der Waals surface area contributed by atoms with Gasteiger partial charge < -0.3 is 10.6 Å². The molecule has 136 valence electrons. The first-order valence-electron chi connectivity index (χ1n) is 8.74. The molecule has 2 amide bonds. The van der Waals surface area contributed by atoms with Crippen LogP contribution in [0.5, 0.6) is 0 Å². The Morgan fingerprint density at radius 2 is 1.69 bits per heavy atom. The van der Waals surface area contributed by atoms with Gasteiger partial charge in [-0.15, -0.1) is 0 Å². The Bertz CT molecular complexity index is 749. The third-order valence-corrected chi connectivity index (χ3v) is 5.13. The Morgan fingerprint density at radius 1 is 1.00 bits per heavy atom. The van der Waals surface area contributed by atoms with Gasteiger partial charge >= 0.3 is 0 Å². The molecule has 0 aliphatic carbocycles. The average molecular weight is 463 g/mol. The smallest absolute Gasteiger partial charge is 0.238 e. The SMILES string of the molecule is O=C(CN1CCCC(C(=O)Nc2ccccc2)C1)Nc1ccc(I)cc1. The van der Waals surface area contributed by atoms with E-state index in [1.54, 1.807) is 0 Å². The van der Waals surface area contributed by atoms with E-state index in [1.807, 2.05) is 54.6 Å². The molecule has 3 rings (SSSR count). The van der Waals surface area contributed by atoms with Gasteiger partial charge in [0.1, 0.15) is 0 Å². The van der Waals surface area contributed by atoms with Gasteiger partial charge in [-0.2, -0.15) is 0 Å². The van der Waals surface area contributed by atoms with Crippen LogP contribution in [0.25, 0.3) is 0 Å². The van der Waals surface area contributed by atoms with Crippen LogP contribution in [-0.4, -0.2) is 36.3 Å². The van der Waals surface area contributed by atoms with Crippen molar-refractivity contribution in [2.24, 2.45) is 5.92 Å². The highest BCUT2D eigenvalue weighted by Gasteiger charge is 2.26. The molecule has 2 N–H and O–H groups in total. The minimum absolute atomic E-state index is 0.0268. The lowest BCUT2D eigenvalue weighted by molar-refractivity contribution is -0.123. The number of amides is 2. The number of carbonyl (C=O) groups excluding carboxylic acids is 2. The normalized spacial score (nSPS) is 17.5. The number of benzene rings is 2. The molecule has 6 heteroatoms. The number of carbonyl (C=O) groups is 2.